The highest BCUT2D eigenvalue weighted by Gasteiger charge is 2.21. The number of benzene rings is 6. The number of rotatable bonds is 4. The van der Waals surface area contributed by atoms with E-state index in [2.05, 4.69) is 109 Å². The standard InChI is InChI=1S/C40H25N3OS/c1-2-10-26(11-3-1)38-41-39(43-40(42-38)33-17-8-16-32-31-14-6-7-19-35(31)45-37(32)33)27-22-20-25(21-23-27)29-15-9-18-34-36(29)30-13-5-4-12-28(30)24-44-34/h1-23H,24H2. The van der Waals surface area contributed by atoms with E-state index in [0.717, 1.165) is 39.1 Å². The summed E-state index contributed by atoms with van der Waals surface area (Å²) in [4.78, 5) is 15.1. The van der Waals surface area contributed by atoms with Gasteiger partial charge in [0.2, 0.25) is 0 Å². The van der Waals surface area contributed by atoms with E-state index in [1.807, 2.05) is 30.3 Å². The number of thiophene rings is 1. The smallest absolute Gasteiger partial charge is 0.165 e. The Morgan fingerprint density at radius 2 is 1.09 bits per heavy atom. The number of nitrogens with zero attached hydrogens (tertiary/aromatic N) is 3. The Morgan fingerprint density at radius 1 is 0.467 bits per heavy atom. The van der Waals surface area contributed by atoms with E-state index >= 15 is 0 Å². The Labute approximate surface area is 264 Å². The highest BCUT2D eigenvalue weighted by molar-refractivity contribution is 7.26. The normalized spacial score (nSPS) is 12.1. The van der Waals surface area contributed by atoms with Gasteiger partial charge in [-0.3, -0.25) is 0 Å². The van der Waals surface area contributed by atoms with Crippen LogP contribution in [-0.2, 0) is 6.61 Å². The zero-order valence-corrected chi connectivity index (χ0v) is 25.0. The van der Waals surface area contributed by atoms with Crippen molar-refractivity contribution in [2.75, 3.05) is 0 Å². The highest BCUT2D eigenvalue weighted by Crippen LogP contribution is 2.44. The summed E-state index contributed by atoms with van der Waals surface area (Å²) in [6, 6.07) is 48.4. The van der Waals surface area contributed by atoms with Crippen molar-refractivity contribution in [3.05, 3.63) is 145 Å². The molecule has 2 aromatic heterocycles. The molecule has 212 valence electrons. The first-order valence-electron chi connectivity index (χ1n) is 15.0. The molecule has 0 bridgehead atoms. The molecular weight excluding hydrogens is 571 g/mol. The van der Waals surface area contributed by atoms with Gasteiger partial charge in [0.1, 0.15) is 12.4 Å². The predicted octanol–water partition coefficient (Wildman–Crippen LogP) is 10.5. The molecule has 1 aliphatic rings. The Kier molecular flexibility index (Phi) is 6.03. The van der Waals surface area contributed by atoms with Crippen LogP contribution in [-0.4, -0.2) is 15.0 Å². The van der Waals surface area contributed by atoms with Crippen molar-refractivity contribution in [2.24, 2.45) is 0 Å². The maximum atomic E-state index is 6.14. The number of hydrogen-bond acceptors (Lipinski definition) is 5. The van der Waals surface area contributed by atoms with Crippen molar-refractivity contribution < 1.29 is 4.74 Å². The van der Waals surface area contributed by atoms with Crippen LogP contribution < -0.4 is 4.74 Å². The van der Waals surface area contributed by atoms with E-state index < -0.39 is 0 Å². The van der Waals surface area contributed by atoms with Gasteiger partial charge in [0, 0.05) is 42.4 Å². The lowest BCUT2D eigenvalue weighted by molar-refractivity contribution is 0.302. The summed E-state index contributed by atoms with van der Waals surface area (Å²) >= 11 is 1.78. The first kappa shape index (κ1) is 25.8. The SMILES string of the molecule is c1ccc(-c2nc(-c3ccc(-c4cccc5c4-c4ccccc4CO5)cc3)nc(-c3cccc4c3sc3ccccc34)n2)cc1. The molecule has 0 N–H and O–H groups in total. The average molecular weight is 596 g/mol. The molecule has 0 aliphatic carbocycles. The lowest BCUT2D eigenvalue weighted by Gasteiger charge is -2.23. The minimum Gasteiger partial charge on any atom is -0.488 e. The van der Waals surface area contributed by atoms with Gasteiger partial charge in [0.25, 0.3) is 0 Å². The summed E-state index contributed by atoms with van der Waals surface area (Å²) in [5.41, 5.74) is 8.73. The van der Waals surface area contributed by atoms with E-state index in [1.165, 1.54) is 31.3 Å². The van der Waals surface area contributed by atoms with Crippen molar-refractivity contribution in [1.29, 1.82) is 0 Å². The molecule has 0 atom stereocenters. The van der Waals surface area contributed by atoms with Gasteiger partial charge >= 0.3 is 0 Å². The van der Waals surface area contributed by atoms with Gasteiger partial charge in [-0.25, -0.2) is 15.0 Å². The largest absolute Gasteiger partial charge is 0.488 e. The maximum Gasteiger partial charge on any atom is 0.165 e. The number of hydrogen-bond donors (Lipinski definition) is 0. The average Bonchev–Trinajstić information content (AvgIpc) is 3.50. The topological polar surface area (TPSA) is 47.9 Å². The molecule has 8 aromatic rings. The van der Waals surface area contributed by atoms with Gasteiger partial charge in [-0.15, -0.1) is 11.3 Å². The van der Waals surface area contributed by atoms with Crippen LogP contribution in [0.1, 0.15) is 5.56 Å². The van der Waals surface area contributed by atoms with Crippen LogP contribution in [0.2, 0.25) is 0 Å². The van der Waals surface area contributed by atoms with Crippen LogP contribution >= 0.6 is 11.3 Å². The Balaban J connectivity index is 1.18. The molecule has 0 unspecified atom stereocenters. The summed E-state index contributed by atoms with van der Waals surface area (Å²) in [6.07, 6.45) is 0. The van der Waals surface area contributed by atoms with E-state index in [-0.39, 0.29) is 0 Å². The van der Waals surface area contributed by atoms with E-state index in [4.69, 9.17) is 19.7 Å². The molecule has 4 nitrogen and oxygen atoms in total. The predicted molar refractivity (Wildman–Crippen MR) is 184 cm³/mol. The summed E-state index contributed by atoms with van der Waals surface area (Å²) in [7, 11) is 0. The molecule has 0 spiro atoms. The Hall–Kier alpha value is -5.65. The zero-order valence-electron chi connectivity index (χ0n) is 24.1. The second kappa shape index (κ2) is 10.5. The second-order valence-electron chi connectivity index (χ2n) is 11.2. The molecule has 45 heavy (non-hydrogen) atoms. The van der Waals surface area contributed by atoms with Crippen LogP contribution in [0.25, 0.3) is 76.6 Å². The fraction of sp³-hybridized carbons (Fsp3) is 0.0250. The molecule has 6 aromatic carbocycles. The fourth-order valence-electron chi connectivity index (χ4n) is 6.28. The first-order valence-corrected chi connectivity index (χ1v) is 15.8. The summed E-state index contributed by atoms with van der Waals surface area (Å²) < 4.78 is 8.58. The molecule has 0 saturated carbocycles. The Bertz CT molecular complexity index is 2380. The molecule has 0 saturated heterocycles. The van der Waals surface area contributed by atoms with Crippen molar-refractivity contribution in [3.63, 3.8) is 0 Å². The maximum absolute atomic E-state index is 6.14. The van der Waals surface area contributed by atoms with Crippen molar-refractivity contribution in [3.8, 4) is 62.2 Å². The summed E-state index contributed by atoms with van der Waals surface area (Å²) in [6.45, 7) is 0.590. The first-order chi connectivity index (χ1) is 22.3. The monoisotopic (exact) mass is 595 g/mol. The van der Waals surface area contributed by atoms with Crippen LogP contribution in [0.15, 0.2) is 140 Å². The summed E-state index contributed by atoms with van der Waals surface area (Å²) in [5, 5.41) is 2.47. The molecular formula is C40H25N3OS. The Morgan fingerprint density at radius 3 is 1.96 bits per heavy atom. The minimum absolute atomic E-state index is 0.590. The van der Waals surface area contributed by atoms with Gasteiger partial charge in [0.15, 0.2) is 17.5 Å². The molecule has 0 radical (unpaired) electrons. The van der Waals surface area contributed by atoms with Crippen LogP contribution in [0.4, 0.5) is 0 Å². The number of aromatic nitrogens is 3. The molecule has 3 heterocycles. The molecule has 9 rings (SSSR count). The van der Waals surface area contributed by atoms with Gasteiger partial charge in [0.05, 0.1) is 0 Å². The van der Waals surface area contributed by atoms with Crippen molar-refractivity contribution >= 4 is 31.5 Å². The number of fused-ring (bicyclic) bond motifs is 6. The van der Waals surface area contributed by atoms with Crippen LogP contribution in [0.3, 0.4) is 0 Å². The van der Waals surface area contributed by atoms with E-state index in [0.29, 0.717) is 24.1 Å². The third-order valence-corrected chi connectivity index (χ3v) is 9.68. The number of ether oxygens (including phenoxy) is 1. The minimum atomic E-state index is 0.590. The molecule has 0 amide bonds. The molecule has 1 aliphatic heterocycles. The highest BCUT2D eigenvalue weighted by atomic mass is 32.1. The quantitative estimate of drug-likeness (QED) is 0.203. The van der Waals surface area contributed by atoms with Crippen LogP contribution in [0, 0.1) is 0 Å². The van der Waals surface area contributed by atoms with Gasteiger partial charge < -0.3 is 4.74 Å². The van der Waals surface area contributed by atoms with Crippen molar-refractivity contribution in [1.82, 2.24) is 15.0 Å². The van der Waals surface area contributed by atoms with E-state index in [1.54, 1.807) is 11.3 Å². The third-order valence-electron chi connectivity index (χ3n) is 8.46. The van der Waals surface area contributed by atoms with Gasteiger partial charge in [-0.1, -0.05) is 121 Å². The molecule has 5 heteroatoms. The fourth-order valence-corrected chi connectivity index (χ4v) is 7.49. The summed E-state index contributed by atoms with van der Waals surface area (Å²) in [5.74, 6) is 2.89. The molecule has 0 fully saturated rings. The lowest BCUT2D eigenvalue weighted by atomic mass is 9.89. The second-order valence-corrected chi connectivity index (χ2v) is 12.2. The van der Waals surface area contributed by atoms with Crippen LogP contribution in [0.5, 0.6) is 5.75 Å². The van der Waals surface area contributed by atoms with Crippen molar-refractivity contribution in [2.45, 2.75) is 6.61 Å². The zero-order chi connectivity index (χ0) is 29.7. The van der Waals surface area contributed by atoms with Gasteiger partial charge in [-0.2, -0.15) is 0 Å². The van der Waals surface area contributed by atoms with E-state index in [9.17, 15) is 0 Å². The van der Waals surface area contributed by atoms with Gasteiger partial charge in [-0.05, 0) is 40.5 Å². The third kappa shape index (κ3) is 4.40. The lowest BCUT2D eigenvalue weighted by Crippen LogP contribution is -2.06.